The zero-order valence-corrected chi connectivity index (χ0v) is 10.9. The van der Waals surface area contributed by atoms with Gasteiger partial charge in [0, 0.05) is 13.1 Å². The minimum Gasteiger partial charge on any atom is -0.390 e. The van der Waals surface area contributed by atoms with E-state index < -0.39 is 5.60 Å². The minimum absolute atomic E-state index is 0.221. The molecule has 1 saturated carbocycles. The summed E-state index contributed by atoms with van der Waals surface area (Å²) in [6.45, 7) is 1.83. The lowest BCUT2D eigenvalue weighted by Crippen LogP contribution is -2.48. The molecule has 3 rings (SSSR count). The van der Waals surface area contributed by atoms with Gasteiger partial charge in [-0.15, -0.1) is 10.2 Å². The quantitative estimate of drug-likeness (QED) is 0.859. The fourth-order valence-corrected chi connectivity index (χ4v) is 2.72. The van der Waals surface area contributed by atoms with Gasteiger partial charge in [0.1, 0.15) is 5.52 Å². The molecular formula is C11H14ClN5O. The van der Waals surface area contributed by atoms with E-state index in [1.54, 1.807) is 10.9 Å². The number of nitrogens with zero attached hydrogens (tertiary/aromatic N) is 4. The zero-order valence-electron chi connectivity index (χ0n) is 10.2. The maximum atomic E-state index is 9.71. The van der Waals surface area contributed by atoms with Crippen molar-refractivity contribution in [3.63, 3.8) is 0 Å². The standard InChI is InChI=1S/C11H14ClN5O/c1-11(18)3-6(4-11)14-10-7-5-13-17(2)8(7)9(12)15-16-10/h5-6,18H,3-4H2,1-2H3,(H,14,16). The summed E-state index contributed by atoms with van der Waals surface area (Å²) in [4.78, 5) is 0. The first-order valence-electron chi connectivity index (χ1n) is 5.79. The van der Waals surface area contributed by atoms with Gasteiger partial charge in [-0.05, 0) is 19.8 Å². The van der Waals surface area contributed by atoms with Gasteiger partial charge in [0.25, 0.3) is 0 Å². The van der Waals surface area contributed by atoms with Crippen molar-refractivity contribution in [3.8, 4) is 0 Å². The lowest BCUT2D eigenvalue weighted by Gasteiger charge is -2.41. The average Bonchev–Trinajstić information content (AvgIpc) is 2.63. The summed E-state index contributed by atoms with van der Waals surface area (Å²) in [5, 5.41) is 26.3. The van der Waals surface area contributed by atoms with Gasteiger partial charge in [-0.25, -0.2) is 0 Å². The van der Waals surface area contributed by atoms with Gasteiger partial charge >= 0.3 is 0 Å². The van der Waals surface area contributed by atoms with Crippen LogP contribution in [0.4, 0.5) is 5.82 Å². The Bertz CT molecular complexity index is 601. The number of halogens is 1. The summed E-state index contributed by atoms with van der Waals surface area (Å²) in [5.41, 5.74) is 0.200. The number of aliphatic hydroxyl groups is 1. The molecule has 0 unspecified atom stereocenters. The zero-order chi connectivity index (χ0) is 12.9. The summed E-state index contributed by atoms with van der Waals surface area (Å²) < 4.78 is 1.68. The Kier molecular flexibility index (Phi) is 2.46. The highest BCUT2D eigenvalue weighted by Crippen LogP contribution is 2.35. The van der Waals surface area contributed by atoms with Crippen molar-refractivity contribution in [2.24, 2.45) is 7.05 Å². The van der Waals surface area contributed by atoms with Crippen LogP contribution in [0.3, 0.4) is 0 Å². The molecule has 0 spiro atoms. The fourth-order valence-electron chi connectivity index (χ4n) is 2.45. The van der Waals surface area contributed by atoms with Crippen LogP contribution < -0.4 is 5.32 Å². The number of anilines is 1. The van der Waals surface area contributed by atoms with Gasteiger partial charge in [0.2, 0.25) is 0 Å². The Morgan fingerprint density at radius 1 is 1.50 bits per heavy atom. The normalized spacial score (nSPS) is 27.2. The highest BCUT2D eigenvalue weighted by molar-refractivity contribution is 6.34. The molecule has 2 aromatic rings. The second-order valence-electron chi connectivity index (χ2n) is 5.12. The molecule has 7 heteroatoms. The topological polar surface area (TPSA) is 75.9 Å². The lowest BCUT2D eigenvalue weighted by atomic mass is 9.77. The number of hydrogen-bond acceptors (Lipinski definition) is 5. The molecule has 0 aliphatic heterocycles. The molecule has 0 radical (unpaired) electrons. The number of nitrogens with one attached hydrogen (secondary N) is 1. The monoisotopic (exact) mass is 267 g/mol. The van der Waals surface area contributed by atoms with Crippen molar-refractivity contribution < 1.29 is 5.11 Å². The summed E-state index contributed by atoms with van der Waals surface area (Å²) in [7, 11) is 1.81. The molecule has 96 valence electrons. The molecule has 2 N–H and O–H groups in total. The van der Waals surface area contributed by atoms with E-state index in [1.807, 2.05) is 14.0 Å². The van der Waals surface area contributed by atoms with Crippen molar-refractivity contribution in [1.29, 1.82) is 0 Å². The van der Waals surface area contributed by atoms with Gasteiger partial charge in [-0.3, -0.25) is 4.68 Å². The maximum absolute atomic E-state index is 9.71. The molecule has 0 bridgehead atoms. The molecule has 0 amide bonds. The SMILES string of the molecule is Cn1ncc2c(NC3CC(C)(O)C3)nnc(Cl)c21. The van der Waals surface area contributed by atoms with E-state index in [0.29, 0.717) is 23.8 Å². The molecule has 0 aromatic carbocycles. The van der Waals surface area contributed by atoms with Gasteiger partial charge < -0.3 is 10.4 Å². The minimum atomic E-state index is -0.564. The number of aromatic nitrogens is 4. The Morgan fingerprint density at radius 3 is 2.89 bits per heavy atom. The third-order valence-electron chi connectivity index (χ3n) is 3.34. The largest absolute Gasteiger partial charge is 0.390 e. The first-order valence-corrected chi connectivity index (χ1v) is 6.17. The number of rotatable bonds is 2. The van der Waals surface area contributed by atoms with E-state index in [4.69, 9.17) is 11.6 Å². The van der Waals surface area contributed by atoms with Crippen LogP contribution in [0, 0.1) is 0 Å². The van der Waals surface area contributed by atoms with Crippen LogP contribution >= 0.6 is 11.6 Å². The van der Waals surface area contributed by atoms with Crippen molar-refractivity contribution in [2.45, 2.75) is 31.4 Å². The van der Waals surface area contributed by atoms with E-state index in [0.717, 1.165) is 10.9 Å². The Morgan fingerprint density at radius 2 is 2.22 bits per heavy atom. The third-order valence-corrected chi connectivity index (χ3v) is 3.59. The van der Waals surface area contributed by atoms with Crippen LogP contribution in [0.15, 0.2) is 6.20 Å². The van der Waals surface area contributed by atoms with Gasteiger partial charge in [-0.1, -0.05) is 11.6 Å². The molecule has 1 fully saturated rings. The van der Waals surface area contributed by atoms with E-state index >= 15 is 0 Å². The Hall–Kier alpha value is -1.40. The van der Waals surface area contributed by atoms with E-state index in [9.17, 15) is 5.11 Å². The van der Waals surface area contributed by atoms with Crippen LogP contribution in [-0.4, -0.2) is 36.7 Å². The van der Waals surface area contributed by atoms with Gasteiger partial charge in [0.15, 0.2) is 11.0 Å². The molecule has 2 heterocycles. The highest BCUT2D eigenvalue weighted by atomic mass is 35.5. The van der Waals surface area contributed by atoms with Crippen LogP contribution in [-0.2, 0) is 7.05 Å². The molecule has 18 heavy (non-hydrogen) atoms. The van der Waals surface area contributed by atoms with Crippen LogP contribution in [0.2, 0.25) is 5.15 Å². The van der Waals surface area contributed by atoms with Crippen molar-refractivity contribution >= 4 is 28.3 Å². The molecule has 0 saturated heterocycles. The van der Waals surface area contributed by atoms with Crippen LogP contribution in [0.5, 0.6) is 0 Å². The molecule has 2 aromatic heterocycles. The maximum Gasteiger partial charge on any atom is 0.177 e. The summed E-state index contributed by atoms with van der Waals surface area (Å²) in [6, 6.07) is 0.221. The number of aryl methyl sites for hydroxylation is 1. The first-order chi connectivity index (χ1) is 8.46. The fraction of sp³-hybridized carbons (Fsp3) is 0.545. The predicted octanol–water partition coefficient (Wildman–Crippen LogP) is 1.34. The third kappa shape index (κ3) is 1.81. The predicted molar refractivity (Wildman–Crippen MR) is 68.6 cm³/mol. The number of fused-ring (bicyclic) bond motifs is 1. The number of hydrogen-bond donors (Lipinski definition) is 2. The Balaban J connectivity index is 1.91. The first kappa shape index (κ1) is 11.7. The molecule has 6 nitrogen and oxygen atoms in total. The Labute approximate surface area is 109 Å². The van der Waals surface area contributed by atoms with Crippen LogP contribution in [0.1, 0.15) is 19.8 Å². The van der Waals surface area contributed by atoms with Crippen molar-refractivity contribution in [3.05, 3.63) is 11.3 Å². The average molecular weight is 268 g/mol. The van der Waals surface area contributed by atoms with Crippen molar-refractivity contribution in [2.75, 3.05) is 5.32 Å². The van der Waals surface area contributed by atoms with E-state index in [1.165, 1.54) is 0 Å². The summed E-state index contributed by atoms with van der Waals surface area (Å²) in [5.74, 6) is 0.669. The summed E-state index contributed by atoms with van der Waals surface area (Å²) in [6.07, 6.45) is 3.13. The molecular weight excluding hydrogens is 254 g/mol. The lowest BCUT2D eigenvalue weighted by molar-refractivity contribution is -0.0235. The molecule has 0 atom stereocenters. The summed E-state index contributed by atoms with van der Waals surface area (Å²) >= 11 is 6.00. The van der Waals surface area contributed by atoms with Gasteiger partial charge in [-0.2, -0.15) is 5.10 Å². The van der Waals surface area contributed by atoms with E-state index in [-0.39, 0.29) is 6.04 Å². The van der Waals surface area contributed by atoms with E-state index in [2.05, 4.69) is 20.6 Å². The highest BCUT2D eigenvalue weighted by Gasteiger charge is 2.38. The molecule has 1 aliphatic carbocycles. The second kappa shape index (κ2) is 3.80. The second-order valence-corrected chi connectivity index (χ2v) is 5.47. The molecule has 1 aliphatic rings. The van der Waals surface area contributed by atoms with Gasteiger partial charge in [0.05, 0.1) is 17.2 Å². The van der Waals surface area contributed by atoms with Crippen molar-refractivity contribution in [1.82, 2.24) is 20.0 Å². The van der Waals surface area contributed by atoms with Crippen LogP contribution in [0.25, 0.3) is 10.9 Å². The smallest absolute Gasteiger partial charge is 0.177 e.